The van der Waals surface area contributed by atoms with E-state index >= 15 is 0 Å². The molecule has 0 amide bonds. The first kappa shape index (κ1) is 13.8. The molecule has 0 spiro atoms. The van der Waals surface area contributed by atoms with Gasteiger partial charge in [-0.05, 0) is 30.9 Å². The maximum absolute atomic E-state index is 14.1. The largest absolute Gasteiger partial charge is 0.324 e. The first-order valence-corrected chi connectivity index (χ1v) is 7.63. The Balaban J connectivity index is 2.04. The van der Waals surface area contributed by atoms with E-state index in [-0.39, 0.29) is 11.4 Å². The molecule has 0 radical (unpaired) electrons. The van der Waals surface area contributed by atoms with Gasteiger partial charge in [0.15, 0.2) is 11.6 Å². The Labute approximate surface area is 121 Å². The van der Waals surface area contributed by atoms with Crippen molar-refractivity contribution in [3.8, 4) is 0 Å². The number of hydrogen-bond donors (Lipinski definition) is 0. The molecule has 2 aromatic rings. The van der Waals surface area contributed by atoms with Gasteiger partial charge in [0.1, 0.15) is 11.3 Å². The molecule has 0 atom stereocenters. The highest BCUT2D eigenvalue weighted by Gasteiger charge is 2.21. The maximum atomic E-state index is 14.1. The van der Waals surface area contributed by atoms with Crippen LogP contribution in [0.5, 0.6) is 0 Å². The van der Waals surface area contributed by atoms with Gasteiger partial charge in [0.05, 0.1) is 11.4 Å². The van der Waals surface area contributed by atoms with Gasteiger partial charge in [0.25, 0.3) is 0 Å². The second kappa shape index (κ2) is 5.68. The SMILES string of the molecule is Fc1ccc2nc(CCl)n(CC3CCCCC3)c2c1F. The number of aromatic nitrogens is 2. The van der Waals surface area contributed by atoms with Crippen molar-refractivity contribution in [2.75, 3.05) is 0 Å². The number of fused-ring (bicyclic) bond motifs is 1. The minimum atomic E-state index is -0.830. The summed E-state index contributed by atoms with van der Waals surface area (Å²) in [6.45, 7) is 0.679. The molecule has 20 heavy (non-hydrogen) atoms. The maximum Gasteiger partial charge on any atom is 0.184 e. The van der Waals surface area contributed by atoms with Crippen LogP contribution in [-0.4, -0.2) is 9.55 Å². The fourth-order valence-corrected chi connectivity index (χ4v) is 3.34. The fraction of sp³-hybridized carbons (Fsp3) is 0.533. The van der Waals surface area contributed by atoms with Crippen molar-refractivity contribution in [2.45, 2.75) is 44.5 Å². The predicted octanol–water partition coefficient (Wildman–Crippen LogP) is 4.63. The molecule has 3 rings (SSSR count). The van der Waals surface area contributed by atoms with E-state index in [0.29, 0.717) is 23.8 Å². The summed E-state index contributed by atoms with van der Waals surface area (Å²) in [4.78, 5) is 4.32. The van der Waals surface area contributed by atoms with Crippen molar-refractivity contribution in [1.29, 1.82) is 0 Å². The molecule has 108 valence electrons. The Morgan fingerprint density at radius 3 is 2.65 bits per heavy atom. The normalized spacial score (nSPS) is 16.9. The standard InChI is InChI=1S/C15H17ClF2N2/c16-8-13-19-12-7-6-11(17)14(18)15(12)20(13)9-10-4-2-1-3-5-10/h6-7,10H,1-5,8-9H2. The Kier molecular flexibility index (Phi) is 3.92. The monoisotopic (exact) mass is 298 g/mol. The van der Waals surface area contributed by atoms with Gasteiger partial charge in [-0.25, -0.2) is 13.8 Å². The molecule has 1 saturated carbocycles. The van der Waals surface area contributed by atoms with Gasteiger partial charge >= 0.3 is 0 Å². The van der Waals surface area contributed by atoms with E-state index in [1.165, 1.54) is 25.3 Å². The molecular formula is C15H17ClF2N2. The second-order valence-corrected chi connectivity index (χ2v) is 5.77. The summed E-state index contributed by atoms with van der Waals surface area (Å²) in [6.07, 6.45) is 5.97. The summed E-state index contributed by atoms with van der Waals surface area (Å²) < 4.78 is 29.3. The second-order valence-electron chi connectivity index (χ2n) is 5.51. The number of halogens is 3. The molecule has 1 aromatic heterocycles. The third-order valence-corrected chi connectivity index (χ3v) is 4.40. The zero-order chi connectivity index (χ0) is 14.1. The lowest BCUT2D eigenvalue weighted by molar-refractivity contribution is 0.319. The van der Waals surface area contributed by atoms with Crippen LogP contribution in [0.4, 0.5) is 8.78 Å². The molecule has 0 unspecified atom stereocenters. The Morgan fingerprint density at radius 2 is 1.95 bits per heavy atom. The third-order valence-electron chi connectivity index (χ3n) is 4.16. The van der Waals surface area contributed by atoms with E-state index < -0.39 is 11.6 Å². The summed E-state index contributed by atoms with van der Waals surface area (Å²) in [7, 11) is 0. The lowest BCUT2D eigenvalue weighted by Gasteiger charge is -2.23. The van der Waals surface area contributed by atoms with Crippen LogP contribution in [0.1, 0.15) is 37.9 Å². The van der Waals surface area contributed by atoms with Crippen LogP contribution in [0.15, 0.2) is 12.1 Å². The first-order valence-electron chi connectivity index (χ1n) is 7.09. The summed E-state index contributed by atoms with van der Waals surface area (Å²) in [5.74, 6) is -0.309. The Bertz CT molecular complexity index is 618. The van der Waals surface area contributed by atoms with Crippen molar-refractivity contribution in [1.82, 2.24) is 9.55 Å². The number of rotatable bonds is 3. The van der Waals surface area contributed by atoms with E-state index in [2.05, 4.69) is 4.98 Å². The van der Waals surface area contributed by atoms with Crippen LogP contribution >= 0.6 is 11.6 Å². The molecule has 1 aliphatic carbocycles. The van der Waals surface area contributed by atoms with Gasteiger partial charge in [-0.15, -0.1) is 11.6 Å². The van der Waals surface area contributed by atoms with E-state index in [9.17, 15) is 8.78 Å². The lowest BCUT2D eigenvalue weighted by atomic mass is 9.89. The fourth-order valence-electron chi connectivity index (χ4n) is 3.13. The van der Waals surface area contributed by atoms with E-state index in [1.54, 1.807) is 4.57 Å². The van der Waals surface area contributed by atoms with Crippen LogP contribution in [0.3, 0.4) is 0 Å². The number of benzene rings is 1. The molecule has 0 saturated heterocycles. The van der Waals surface area contributed by atoms with Gasteiger partial charge in [-0.3, -0.25) is 0 Å². The van der Waals surface area contributed by atoms with Gasteiger partial charge in [0.2, 0.25) is 0 Å². The Hall–Kier alpha value is -1.16. The molecule has 0 N–H and O–H groups in total. The smallest absolute Gasteiger partial charge is 0.184 e. The molecule has 1 aliphatic rings. The molecule has 1 heterocycles. The highest BCUT2D eigenvalue weighted by Crippen LogP contribution is 2.29. The molecule has 1 fully saturated rings. The van der Waals surface area contributed by atoms with Crippen LogP contribution in [0.25, 0.3) is 11.0 Å². The highest BCUT2D eigenvalue weighted by molar-refractivity contribution is 6.16. The van der Waals surface area contributed by atoms with Crippen molar-refractivity contribution >= 4 is 22.6 Å². The Morgan fingerprint density at radius 1 is 1.20 bits per heavy atom. The summed E-state index contributed by atoms with van der Waals surface area (Å²) in [5, 5.41) is 0. The van der Waals surface area contributed by atoms with Crippen molar-refractivity contribution in [2.24, 2.45) is 5.92 Å². The molecule has 0 bridgehead atoms. The highest BCUT2D eigenvalue weighted by atomic mass is 35.5. The van der Waals surface area contributed by atoms with Crippen LogP contribution in [0.2, 0.25) is 0 Å². The van der Waals surface area contributed by atoms with Gasteiger partial charge < -0.3 is 4.57 Å². The minimum absolute atomic E-state index is 0.211. The summed E-state index contributed by atoms with van der Waals surface area (Å²) in [6, 6.07) is 2.63. The summed E-state index contributed by atoms with van der Waals surface area (Å²) >= 11 is 5.91. The van der Waals surface area contributed by atoms with E-state index in [4.69, 9.17) is 11.6 Å². The predicted molar refractivity (Wildman–Crippen MR) is 75.8 cm³/mol. The van der Waals surface area contributed by atoms with Crippen molar-refractivity contribution in [3.05, 3.63) is 29.6 Å². The number of nitrogens with zero attached hydrogens (tertiary/aromatic N) is 2. The first-order chi connectivity index (χ1) is 9.70. The van der Waals surface area contributed by atoms with Gasteiger partial charge in [-0.2, -0.15) is 0 Å². The van der Waals surface area contributed by atoms with Crippen molar-refractivity contribution in [3.63, 3.8) is 0 Å². The zero-order valence-corrected chi connectivity index (χ0v) is 12.0. The quantitative estimate of drug-likeness (QED) is 0.755. The molecular weight excluding hydrogens is 282 g/mol. The number of hydrogen-bond acceptors (Lipinski definition) is 1. The average molecular weight is 299 g/mol. The molecule has 0 aliphatic heterocycles. The van der Waals surface area contributed by atoms with E-state index in [0.717, 1.165) is 18.9 Å². The minimum Gasteiger partial charge on any atom is -0.324 e. The summed E-state index contributed by atoms with van der Waals surface area (Å²) in [5.41, 5.74) is 0.738. The molecule has 2 nitrogen and oxygen atoms in total. The van der Waals surface area contributed by atoms with Crippen LogP contribution < -0.4 is 0 Å². The zero-order valence-electron chi connectivity index (χ0n) is 11.2. The van der Waals surface area contributed by atoms with Crippen LogP contribution in [0, 0.1) is 17.6 Å². The molecule has 5 heteroatoms. The van der Waals surface area contributed by atoms with Crippen LogP contribution in [-0.2, 0) is 12.4 Å². The van der Waals surface area contributed by atoms with Crippen molar-refractivity contribution < 1.29 is 8.78 Å². The average Bonchev–Trinajstić information content (AvgIpc) is 2.83. The molecule has 1 aromatic carbocycles. The van der Waals surface area contributed by atoms with E-state index in [1.807, 2.05) is 0 Å². The number of alkyl halides is 1. The third kappa shape index (κ3) is 2.41. The van der Waals surface area contributed by atoms with Gasteiger partial charge in [0, 0.05) is 6.54 Å². The number of imidazole rings is 1. The van der Waals surface area contributed by atoms with Gasteiger partial charge in [-0.1, -0.05) is 19.3 Å². The topological polar surface area (TPSA) is 17.8 Å². The lowest BCUT2D eigenvalue weighted by Crippen LogP contribution is -2.16.